The Hall–Kier alpha value is -1.36. The van der Waals surface area contributed by atoms with Crippen molar-refractivity contribution < 1.29 is 13.2 Å². The summed E-state index contributed by atoms with van der Waals surface area (Å²) < 4.78 is 25.6. The van der Waals surface area contributed by atoms with Crippen LogP contribution in [0.5, 0.6) is 0 Å². The van der Waals surface area contributed by atoms with E-state index in [2.05, 4.69) is 15.5 Å². The standard InChI is InChI=1S/C12H13ClN4O3S3/c1-21-12-16-15-11(22-12)14-10(18)7-17(23(2,19)20)9-5-3-8(13)4-6-9/h3-6H,7H2,1-2H3,(H,14,15,18). The number of carbonyl (C=O) groups is 1. The first kappa shape index (κ1) is 18.0. The molecule has 11 heteroatoms. The van der Waals surface area contributed by atoms with Crippen LogP contribution in [0.2, 0.25) is 5.02 Å². The molecule has 7 nitrogen and oxygen atoms in total. The normalized spacial score (nSPS) is 11.3. The van der Waals surface area contributed by atoms with Gasteiger partial charge in [-0.2, -0.15) is 0 Å². The molecule has 1 aromatic carbocycles. The summed E-state index contributed by atoms with van der Waals surface area (Å²) in [7, 11) is -3.62. The second-order valence-corrected chi connectivity index (χ2v) is 8.75. The van der Waals surface area contributed by atoms with Gasteiger partial charge in [-0.25, -0.2) is 8.42 Å². The molecule has 0 saturated heterocycles. The molecule has 1 aromatic heterocycles. The highest BCUT2D eigenvalue weighted by atomic mass is 35.5. The number of sulfonamides is 1. The Balaban J connectivity index is 2.14. The smallest absolute Gasteiger partial charge is 0.246 e. The lowest BCUT2D eigenvalue weighted by Crippen LogP contribution is -2.37. The van der Waals surface area contributed by atoms with Gasteiger partial charge in [0.1, 0.15) is 6.54 Å². The van der Waals surface area contributed by atoms with Gasteiger partial charge in [-0.05, 0) is 30.5 Å². The van der Waals surface area contributed by atoms with E-state index < -0.39 is 15.9 Å². The second-order valence-electron chi connectivity index (χ2n) is 4.37. The minimum atomic E-state index is -3.62. The van der Waals surface area contributed by atoms with E-state index in [-0.39, 0.29) is 6.54 Å². The van der Waals surface area contributed by atoms with Crippen LogP contribution in [0.1, 0.15) is 0 Å². The molecule has 1 heterocycles. The zero-order valence-corrected chi connectivity index (χ0v) is 15.4. The van der Waals surface area contributed by atoms with Gasteiger partial charge >= 0.3 is 0 Å². The van der Waals surface area contributed by atoms with E-state index in [9.17, 15) is 13.2 Å². The summed E-state index contributed by atoms with van der Waals surface area (Å²) >= 11 is 8.42. The number of halogens is 1. The van der Waals surface area contributed by atoms with Crippen LogP contribution in [0.25, 0.3) is 0 Å². The fourth-order valence-electron chi connectivity index (χ4n) is 1.64. The molecule has 0 fully saturated rings. The van der Waals surface area contributed by atoms with Crippen molar-refractivity contribution in [1.29, 1.82) is 0 Å². The van der Waals surface area contributed by atoms with Crippen molar-refractivity contribution in [1.82, 2.24) is 10.2 Å². The molecule has 0 saturated carbocycles. The van der Waals surface area contributed by atoms with Gasteiger partial charge in [-0.3, -0.25) is 14.4 Å². The highest BCUT2D eigenvalue weighted by Gasteiger charge is 2.21. The Kier molecular flexibility index (Phi) is 5.84. The first-order valence-electron chi connectivity index (χ1n) is 6.20. The summed E-state index contributed by atoms with van der Waals surface area (Å²) in [6.45, 7) is -0.366. The van der Waals surface area contributed by atoms with E-state index in [1.54, 1.807) is 12.1 Å². The van der Waals surface area contributed by atoms with Gasteiger partial charge in [0.15, 0.2) is 4.34 Å². The molecule has 0 aliphatic carbocycles. The van der Waals surface area contributed by atoms with E-state index in [0.29, 0.717) is 20.2 Å². The summed E-state index contributed by atoms with van der Waals surface area (Å²) in [4.78, 5) is 12.1. The van der Waals surface area contributed by atoms with E-state index in [4.69, 9.17) is 11.6 Å². The van der Waals surface area contributed by atoms with Crippen molar-refractivity contribution in [3.8, 4) is 0 Å². The predicted octanol–water partition coefficient (Wildman–Crippen LogP) is 2.32. The molecule has 0 aliphatic heterocycles. The lowest BCUT2D eigenvalue weighted by molar-refractivity contribution is -0.114. The van der Waals surface area contributed by atoms with Gasteiger partial charge in [-0.1, -0.05) is 34.7 Å². The molecule has 23 heavy (non-hydrogen) atoms. The van der Waals surface area contributed by atoms with Crippen LogP contribution in [0.4, 0.5) is 10.8 Å². The summed E-state index contributed by atoms with van der Waals surface area (Å²) in [6.07, 6.45) is 2.88. The molecule has 1 N–H and O–H groups in total. The van der Waals surface area contributed by atoms with Crippen LogP contribution in [-0.2, 0) is 14.8 Å². The number of benzene rings is 1. The molecule has 2 aromatic rings. The Bertz CT molecular complexity index is 792. The van der Waals surface area contributed by atoms with Crippen molar-refractivity contribution in [2.45, 2.75) is 4.34 Å². The largest absolute Gasteiger partial charge is 0.299 e. The SMILES string of the molecule is CSc1nnc(NC(=O)CN(c2ccc(Cl)cc2)S(C)(=O)=O)s1. The first-order valence-corrected chi connectivity index (χ1v) is 10.5. The average Bonchev–Trinajstić information content (AvgIpc) is 2.92. The third-order valence-corrected chi connectivity index (χ3v) is 5.84. The fraction of sp³-hybridized carbons (Fsp3) is 0.250. The maximum atomic E-state index is 12.1. The van der Waals surface area contributed by atoms with Crippen molar-refractivity contribution in [3.63, 3.8) is 0 Å². The summed E-state index contributed by atoms with van der Waals surface area (Å²) in [5.74, 6) is -0.505. The zero-order valence-electron chi connectivity index (χ0n) is 12.2. The average molecular weight is 393 g/mol. The molecule has 124 valence electrons. The monoisotopic (exact) mass is 392 g/mol. The highest BCUT2D eigenvalue weighted by Crippen LogP contribution is 2.24. The Morgan fingerprint density at radius 1 is 1.35 bits per heavy atom. The third kappa shape index (κ3) is 5.06. The van der Waals surface area contributed by atoms with Crippen LogP contribution in [0.3, 0.4) is 0 Å². The van der Waals surface area contributed by atoms with Crippen LogP contribution in [0, 0.1) is 0 Å². The van der Waals surface area contributed by atoms with E-state index in [1.165, 1.54) is 35.2 Å². The number of hydrogen-bond donors (Lipinski definition) is 1. The van der Waals surface area contributed by atoms with Crippen LogP contribution in [0.15, 0.2) is 28.6 Å². The molecule has 0 radical (unpaired) electrons. The van der Waals surface area contributed by atoms with E-state index >= 15 is 0 Å². The molecule has 0 spiro atoms. The van der Waals surface area contributed by atoms with Gasteiger partial charge in [0.2, 0.25) is 21.1 Å². The summed E-state index contributed by atoms with van der Waals surface area (Å²) in [6, 6.07) is 6.19. The van der Waals surface area contributed by atoms with Gasteiger partial charge in [0, 0.05) is 5.02 Å². The molecular formula is C12H13ClN4O3S3. The first-order chi connectivity index (χ1) is 10.8. The second kappa shape index (κ2) is 7.47. The number of thioether (sulfide) groups is 1. The number of amides is 1. The van der Waals surface area contributed by atoms with Crippen molar-refractivity contribution in [2.24, 2.45) is 0 Å². The molecule has 0 bridgehead atoms. The minimum Gasteiger partial charge on any atom is -0.299 e. The number of carbonyl (C=O) groups excluding carboxylic acids is 1. The maximum Gasteiger partial charge on any atom is 0.246 e. The summed E-state index contributed by atoms with van der Waals surface area (Å²) in [5.41, 5.74) is 0.356. The van der Waals surface area contributed by atoms with Crippen molar-refractivity contribution >= 4 is 61.4 Å². The Labute approximate surface area is 147 Å². The number of nitrogens with zero attached hydrogens (tertiary/aromatic N) is 3. The molecular weight excluding hydrogens is 380 g/mol. The lowest BCUT2D eigenvalue weighted by Gasteiger charge is -2.21. The van der Waals surface area contributed by atoms with Crippen molar-refractivity contribution in [3.05, 3.63) is 29.3 Å². The topological polar surface area (TPSA) is 92.3 Å². The van der Waals surface area contributed by atoms with Gasteiger partial charge in [0.25, 0.3) is 0 Å². The number of nitrogens with one attached hydrogen (secondary N) is 1. The Morgan fingerprint density at radius 3 is 2.52 bits per heavy atom. The molecule has 1 amide bonds. The van der Waals surface area contributed by atoms with E-state index in [1.807, 2.05) is 6.26 Å². The third-order valence-electron chi connectivity index (χ3n) is 2.63. The quantitative estimate of drug-likeness (QED) is 0.599. The maximum absolute atomic E-state index is 12.1. The number of rotatable bonds is 6. The number of hydrogen-bond acceptors (Lipinski definition) is 7. The molecule has 0 unspecified atom stereocenters. The molecule has 2 rings (SSSR count). The predicted molar refractivity (Wildman–Crippen MR) is 94.0 cm³/mol. The number of aromatic nitrogens is 2. The van der Waals surface area contributed by atoms with Crippen molar-refractivity contribution in [2.75, 3.05) is 28.7 Å². The molecule has 0 atom stereocenters. The van der Waals surface area contributed by atoms with Crippen LogP contribution in [-0.4, -0.2) is 43.6 Å². The lowest BCUT2D eigenvalue weighted by atomic mass is 10.3. The van der Waals surface area contributed by atoms with Gasteiger partial charge in [0.05, 0.1) is 11.9 Å². The summed E-state index contributed by atoms with van der Waals surface area (Å²) in [5, 5.41) is 11.0. The highest BCUT2D eigenvalue weighted by molar-refractivity contribution is 8.00. The van der Waals surface area contributed by atoms with Gasteiger partial charge in [-0.15, -0.1) is 10.2 Å². The minimum absolute atomic E-state index is 0.323. The van der Waals surface area contributed by atoms with Crippen LogP contribution < -0.4 is 9.62 Å². The zero-order chi connectivity index (χ0) is 17.0. The Morgan fingerprint density at radius 2 is 2.00 bits per heavy atom. The number of anilines is 2. The molecule has 0 aliphatic rings. The fourth-order valence-corrected chi connectivity index (χ4v) is 3.81. The van der Waals surface area contributed by atoms with Gasteiger partial charge < -0.3 is 0 Å². The van der Waals surface area contributed by atoms with Crippen LogP contribution >= 0.6 is 34.7 Å². The van der Waals surface area contributed by atoms with E-state index in [0.717, 1.165) is 10.6 Å².